The van der Waals surface area contributed by atoms with Crippen molar-refractivity contribution in [1.29, 1.82) is 0 Å². The van der Waals surface area contributed by atoms with Gasteiger partial charge in [-0.3, -0.25) is 4.68 Å². The van der Waals surface area contributed by atoms with Crippen LogP contribution in [0, 0.1) is 13.8 Å². The Morgan fingerprint density at radius 3 is 2.61 bits per heavy atom. The third-order valence-electron chi connectivity index (χ3n) is 3.89. The minimum Gasteiger partial charge on any atom is -0.313 e. The van der Waals surface area contributed by atoms with Gasteiger partial charge in [0.05, 0.1) is 12.0 Å². The molecule has 1 aromatic carbocycles. The molecular weight excluding hydrogens is 286 g/mol. The van der Waals surface area contributed by atoms with E-state index in [1.54, 1.807) is 6.20 Å². The maximum atomic E-state index is 4.48. The Bertz CT molecular complexity index is 725. The minimum absolute atomic E-state index is 0.890. The van der Waals surface area contributed by atoms with Crippen LogP contribution in [-0.4, -0.2) is 25.9 Å². The van der Waals surface area contributed by atoms with Crippen molar-refractivity contribution in [3.05, 3.63) is 66.0 Å². The van der Waals surface area contributed by atoms with Crippen LogP contribution in [0.15, 0.2) is 49.1 Å². The van der Waals surface area contributed by atoms with E-state index in [9.17, 15) is 0 Å². The molecule has 0 spiro atoms. The summed E-state index contributed by atoms with van der Waals surface area (Å²) in [6, 6.07) is 10.7. The zero-order chi connectivity index (χ0) is 16.1. The molecule has 0 aliphatic rings. The summed E-state index contributed by atoms with van der Waals surface area (Å²) < 4.78 is 4.09. The maximum absolute atomic E-state index is 4.48. The maximum Gasteiger partial charge on any atom is 0.0991 e. The summed E-state index contributed by atoms with van der Waals surface area (Å²) in [5, 5.41) is 7.97. The largest absolute Gasteiger partial charge is 0.313 e. The zero-order valence-corrected chi connectivity index (χ0v) is 13.7. The highest BCUT2D eigenvalue weighted by Crippen LogP contribution is 2.09. The van der Waals surface area contributed by atoms with Crippen molar-refractivity contribution >= 4 is 0 Å². The number of aryl methyl sites for hydroxylation is 3. The van der Waals surface area contributed by atoms with Crippen molar-refractivity contribution in [3.63, 3.8) is 0 Å². The van der Waals surface area contributed by atoms with Crippen molar-refractivity contribution in [1.82, 2.24) is 24.6 Å². The van der Waals surface area contributed by atoms with Gasteiger partial charge in [-0.05, 0) is 50.6 Å². The summed E-state index contributed by atoms with van der Waals surface area (Å²) in [4.78, 5) is 4.07. The lowest BCUT2D eigenvalue weighted by Gasteiger charge is -2.08. The SMILES string of the molecule is Cc1cc(C)n(CCCNCc2ccc(-n3ccnc3)cc2)n1. The first-order valence-electron chi connectivity index (χ1n) is 8.01. The highest BCUT2D eigenvalue weighted by atomic mass is 15.3. The number of benzene rings is 1. The topological polar surface area (TPSA) is 47.7 Å². The molecule has 0 radical (unpaired) electrons. The molecule has 0 bridgehead atoms. The van der Waals surface area contributed by atoms with Crippen LogP contribution in [0.2, 0.25) is 0 Å². The predicted octanol–water partition coefficient (Wildman–Crippen LogP) is 2.87. The fraction of sp³-hybridized carbons (Fsp3) is 0.333. The molecular formula is C18H23N5. The summed E-state index contributed by atoms with van der Waals surface area (Å²) in [5.41, 5.74) is 4.75. The van der Waals surface area contributed by atoms with Gasteiger partial charge in [0.15, 0.2) is 0 Å². The lowest BCUT2D eigenvalue weighted by atomic mass is 10.2. The van der Waals surface area contributed by atoms with Gasteiger partial charge in [-0.15, -0.1) is 0 Å². The smallest absolute Gasteiger partial charge is 0.0991 e. The molecule has 0 amide bonds. The lowest BCUT2D eigenvalue weighted by Crippen LogP contribution is -2.17. The van der Waals surface area contributed by atoms with Crippen LogP contribution in [0.5, 0.6) is 0 Å². The molecule has 2 heterocycles. The molecule has 23 heavy (non-hydrogen) atoms. The van der Waals surface area contributed by atoms with Gasteiger partial charge < -0.3 is 9.88 Å². The summed E-state index contributed by atoms with van der Waals surface area (Å²) >= 11 is 0. The van der Waals surface area contributed by atoms with E-state index >= 15 is 0 Å². The molecule has 0 aliphatic carbocycles. The number of hydrogen-bond acceptors (Lipinski definition) is 3. The summed E-state index contributed by atoms with van der Waals surface area (Å²) in [6.07, 6.45) is 6.63. The number of nitrogens with zero attached hydrogens (tertiary/aromatic N) is 4. The minimum atomic E-state index is 0.890. The van der Waals surface area contributed by atoms with E-state index in [1.165, 1.54) is 11.3 Å². The number of hydrogen-bond donors (Lipinski definition) is 1. The first-order chi connectivity index (χ1) is 11.2. The second-order valence-electron chi connectivity index (χ2n) is 5.82. The van der Waals surface area contributed by atoms with Crippen molar-refractivity contribution in [3.8, 4) is 5.69 Å². The first-order valence-corrected chi connectivity index (χ1v) is 8.01. The molecule has 0 aliphatic heterocycles. The van der Waals surface area contributed by atoms with Crippen LogP contribution in [0.25, 0.3) is 5.69 Å². The van der Waals surface area contributed by atoms with Crippen LogP contribution in [-0.2, 0) is 13.1 Å². The van der Waals surface area contributed by atoms with Crippen molar-refractivity contribution in [2.24, 2.45) is 0 Å². The standard InChI is InChI=1S/C18H23N5/c1-15-12-16(2)23(21-15)10-3-8-19-13-17-4-6-18(7-5-17)22-11-9-20-14-22/h4-7,9,11-12,14,19H,3,8,10,13H2,1-2H3. The van der Waals surface area contributed by atoms with Gasteiger partial charge in [-0.25, -0.2) is 4.98 Å². The Balaban J connectivity index is 1.41. The Labute approximate surface area is 137 Å². The molecule has 3 rings (SSSR count). The first kappa shape index (κ1) is 15.5. The highest BCUT2D eigenvalue weighted by Gasteiger charge is 2.00. The third-order valence-corrected chi connectivity index (χ3v) is 3.89. The summed E-state index contributed by atoms with van der Waals surface area (Å²) in [5.74, 6) is 0. The molecule has 120 valence electrons. The van der Waals surface area contributed by atoms with E-state index in [1.807, 2.05) is 24.0 Å². The molecule has 5 nitrogen and oxygen atoms in total. The van der Waals surface area contributed by atoms with Crippen molar-refractivity contribution in [2.45, 2.75) is 33.4 Å². The van der Waals surface area contributed by atoms with E-state index < -0.39 is 0 Å². The van der Waals surface area contributed by atoms with Crippen LogP contribution in [0.4, 0.5) is 0 Å². The number of rotatable bonds is 7. The van der Waals surface area contributed by atoms with E-state index in [0.717, 1.165) is 37.4 Å². The van der Waals surface area contributed by atoms with E-state index in [2.05, 4.69) is 57.3 Å². The van der Waals surface area contributed by atoms with Crippen LogP contribution in [0.1, 0.15) is 23.4 Å². The van der Waals surface area contributed by atoms with Crippen LogP contribution < -0.4 is 5.32 Å². The number of imidazole rings is 1. The average molecular weight is 309 g/mol. The summed E-state index contributed by atoms with van der Waals surface area (Å²) in [7, 11) is 0. The molecule has 0 fully saturated rings. The van der Waals surface area contributed by atoms with Crippen LogP contribution >= 0.6 is 0 Å². The normalized spacial score (nSPS) is 11.0. The van der Waals surface area contributed by atoms with Gasteiger partial charge in [0.25, 0.3) is 0 Å². The van der Waals surface area contributed by atoms with Gasteiger partial charge in [0, 0.05) is 36.9 Å². The van der Waals surface area contributed by atoms with E-state index in [-0.39, 0.29) is 0 Å². The molecule has 2 aromatic heterocycles. The fourth-order valence-corrected chi connectivity index (χ4v) is 2.69. The van der Waals surface area contributed by atoms with Crippen molar-refractivity contribution in [2.75, 3.05) is 6.54 Å². The highest BCUT2D eigenvalue weighted by molar-refractivity contribution is 5.34. The Hall–Kier alpha value is -2.40. The zero-order valence-electron chi connectivity index (χ0n) is 13.7. The fourth-order valence-electron chi connectivity index (χ4n) is 2.69. The van der Waals surface area contributed by atoms with Gasteiger partial charge in [0.1, 0.15) is 0 Å². The quantitative estimate of drug-likeness (QED) is 0.683. The molecule has 1 N–H and O–H groups in total. The Morgan fingerprint density at radius 1 is 1.13 bits per heavy atom. The molecule has 5 heteroatoms. The molecule has 0 unspecified atom stereocenters. The molecule has 3 aromatic rings. The van der Waals surface area contributed by atoms with E-state index in [4.69, 9.17) is 0 Å². The second-order valence-corrected chi connectivity index (χ2v) is 5.82. The van der Waals surface area contributed by atoms with Crippen LogP contribution in [0.3, 0.4) is 0 Å². The monoisotopic (exact) mass is 309 g/mol. The number of nitrogens with one attached hydrogen (secondary N) is 1. The second kappa shape index (κ2) is 7.24. The lowest BCUT2D eigenvalue weighted by molar-refractivity contribution is 0.532. The molecule has 0 saturated carbocycles. The van der Waals surface area contributed by atoms with Gasteiger partial charge in [0.2, 0.25) is 0 Å². The predicted molar refractivity (Wildman–Crippen MR) is 91.6 cm³/mol. The molecule has 0 saturated heterocycles. The average Bonchev–Trinajstić information content (AvgIpc) is 3.18. The van der Waals surface area contributed by atoms with Gasteiger partial charge in [-0.2, -0.15) is 5.10 Å². The summed E-state index contributed by atoms with van der Waals surface area (Å²) in [6.45, 7) is 6.99. The Kier molecular flexibility index (Phi) is 4.88. The van der Waals surface area contributed by atoms with Crippen molar-refractivity contribution < 1.29 is 0 Å². The van der Waals surface area contributed by atoms with Gasteiger partial charge in [-0.1, -0.05) is 12.1 Å². The Morgan fingerprint density at radius 2 is 1.96 bits per heavy atom. The number of aromatic nitrogens is 4. The van der Waals surface area contributed by atoms with E-state index in [0.29, 0.717) is 0 Å². The molecule has 0 atom stereocenters. The van der Waals surface area contributed by atoms with Gasteiger partial charge >= 0.3 is 0 Å². The third kappa shape index (κ3) is 4.07.